The van der Waals surface area contributed by atoms with Crippen LogP contribution in [0.15, 0.2) is 4.52 Å². The van der Waals surface area contributed by atoms with Crippen molar-refractivity contribution in [3.05, 3.63) is 11.7 Å². The van der Waals surface area contributed by atoms with Crippen LogP contribution in [0.3, 0.4) is 0 Å². The summed E-state index contributed by atoms with van der Waals surface area (Å²) in [7, 11) is 1.72. The Morgan fingerprint density at radius 3 is 2.73 bits per heavy atom. The molecule has 2 heterocycles. The maximum atomic E-state index is 5.50. The smallest absolute Gasteiger partial charge is 0.232 e. The van der Waals surface area contributed by atoms with E-state index in [1.54, 1.807) is 7.11 Å². The van der Waals surface area contributed by atoms with Crippen LogP contribution < -0.4 is 5.32 Å². The van der Waals surface area contributed by atoms with Crippen molar-refractivity contribution in [2.45, 2.75) is 30.8 Å². The van der Waals surface area contributed by atoms with Crippen molar-refractivity contribution in [3.63, 3.8) is 0 Å². The molecule has 2 fully saturated rings. The Kier molecular flexibility index (Phi) is 2.03. The summed E-state index contributed by atoms with van der Waals surface area (Å²) in [6.07, 6.45) is 3.19. The normalized spacial score (nSPS) is 24.6. The van der Waals surface area contributed by atoms with Crippen LogP contribution in [0.2, 0.25) is 0 Å². The van der Waals surface area contributed by atoms with E-state index in [0.29, 0.717) is 5.92 Å². The Balaban J connectivity index is 1.82. The SMILES string of the molecule is COC1(c2noc(C3CNC3)n2)CCC1. The average Bonchev–Trinajstić information content (AvgIpc) is 2.50. The summed E-state index contributed by atoms with van der Waals surface area (Å²) in [6.45, 7) is 1.89. The first-order chi connectivity index (χ1) is 7.34. The summed E-state index contributed by atoms with van der Waals surface area (Å²) in [5.74, 6) is 1.89. The first-order valence-electron chi connectivity index (χ1n) is 5.44. The summed E-state index contributed by atoms with van der Waals surface area (Å²) in [6, 6.07) is 0. The Hall–Kier alpha value is -0.940. The molecular formula is C10H15N3O2. The Labute approximate surface area is 88.2 Å². The number of methoxy groups -OCH3 is 1. The molecule has 5 heteroatoms. The van der Waals surface area contributed by atoms with Crippen molar-refractivity contribution in [2.24, 2.45) is 0 Å². The lowest BCUT2D eigenvalue weighted by Gasteiger charge is -2.37. The number of hydrogen-bond acceptors (Lipinski definition) is 5. The molecule has 0 amide bonds. The standard InChI is InChI=1S/C10H15N3O2/c1-14-10(3-2-4-10)9-12-8(15-13-9)7-5-11-6-7/h7,11H,2-6H2,1H3. The molecule has 1 aliphatic heterocycles. The van der Waals surface area contributed by atoms with Gasteiger partial charge in [-0.15, -0.1) is 0 Å². The molecule has 0 unspecified atom stereocenters. The van der Waals surface area contributed by atoms with E-state index in [0.717, 1.165) is 37.6 Å². The fraction of sp³-hybridized carbons (Fsp3) is 0.800. The number of nitrogens with zero attached hydrogens (tertiary/aromatic N) is 2. The van der Waals surface area contributed by atoms with Gasteiger partial charge in [0, 0.05) is 20.2 Å². The van der Waals surface area contributed by atoms with Crippen LogP contribution >= 0.6 is 0 Å². The maximum Gasteiger partial charge on any atom is 0.232 e. The highest BCUT2D eigenvalue weighted by Crippen LogP contribution is 2.43. The minimum atomic E-state index is -0.251. The van der Waals surface area contributed by atoms with E-state index >= 15 is 0 Å². The first kappa shape index (κ1) is 9.30. The van der Waals surface area contributed by atoms with Crippen LogP contribution in [0.5, 0.6) is 0 Å². The van der Waals surface area contributed by atoms with Gasteiger partial charge in [-0.05, 0) is 19.3 Å². The third-order valence-corrected chi connectivity index (χ3v) is 3.53. The van der Waals surface area contributed by atoms with Crippen molar-refractivity contribution in [3.8, 4) is 0 Å². The van der Waals surface area contributed by atoms with E-state index in [9.17, 15) is 0 Å². The van der Waals surface area contributed by atoms with Crippen molar-refractivity contribution >= 4 is 0 Å². The quantitative estimate of drug-likeness (QED) is 0.797. The van der Waals surface area contributed by atoms with Gasteiger partial charge in [-0.2, -0.15) is 4.98 Å². The number of rotatable bonds is 3. The minimum absolute atomic E-state index is 0.251. The summed E-state index contributed by atoms with van der Waals surface area (Å²) in [5.41, 5.74) is -0.251. The molecule has 1 aromatic rings. The monoisotopic (exact) mass is 209 g/mol. The lowest BCUT2D eigenvalue weighted by Crippen LogP contribution is -2.40. The molecule has 1 N–H and O–H groups in total. The molecule has 0 atom stereocenters. The minimum Gasteiger partial charge on any atom is -0.370 e. The fourth-order valence-corrected chi connectivity index (χ4v) is 2.07. The molecule has 0 radical (unpaired) electrons. The summed E-state index contributed by atoms with van der Waals surface area (Å²) in [4.78, 5) is 4.45. The highest BCUT2D eigenvalue weighted by atomic mass is 16.5. The summed E-state index contributed by atoms with van der Waals surface area (Å²) < 4.78 is 10.8. The summed E-state index contributed by atoms with van der Waals surface area (Å²) in [5, 5.41) is 7.24. The lowest BCUT2D eigenvalue weighted by atomic mass is 9.79. The van der Waals surface area contributed by atoms with Crippen LogP contribution in [-0.4, -0.2) is 30.3 Å². The molecule has 2 aliphatic rings. The topological polar surface area (TPSA) is 60.2 Å². The molecular weight excluding hydrogens is 194 g/mol. The molecule has 0 bridgehead atoms. The molecule has 1 aromatic heterocycles. The predicted octanol–water partition coefficient (Wildman–Crippen LogP) is 0.782. The van der Waals surface area contributed by atoms with E-state index in [2.05, 4.69) is 15.5 Å². The van der Waals surface area contributed by atoms with Crippen molar-refractivity contribution in [2.75, 3.05) is 20.2 Å². The average molecular weight is 209 g/mol. The van der Waals surface area contributed by atoms with Crippen molar-refractivity contribution < 1.29 is 9.26 Å². The van der Waals surface area contributed by atoms with Gasteiger partial charge in [0.15, 0.2) is 0 Å². The van der Waals surface area contributed by atoms with Gasteiger partial charge >= 0.3 is 0 Å². The Bertz CT molecular complexity index is 350. The molecule has 1 saturated carbocycles. The summed E-state index contributed by atoms with van der Waals surface area (Å²) >= 11 is 0. The highest BCUT2D eigenvalue weighted by Gasteiger charge is 2.43. The van der Waals surface area contributed by atoms with Crippen molar-refractivity contribution in [1.82, 2.24) is 15.5 Å². The van der Waals surface area contributed by atoms with Gasteiger partial charge in [-0.25, -0.2) is 0 Å². The van der Waals surface area contributed by atoms with Gasteiger partial charge in [0.1, 0.15) is 5.60 Å². The van der Waals surface area contributed by atoms with Gasteiger partial charge in [0.2, 0.25) is 11.7 Å². The molecule has 82 valence electrons. The zero-order valence-electron chi connectivity index (χ0n) is 8.82. The van der Waals surface area contributed by atoms with Gasteiger partial charge in [0.25, 0.3) is 0 Å². The third-order valence-electron chi connectivity index (χ3n) is 3.53. The number of nitrogens with one attached hydrogen (secondary N) is 1. The van der Waals surface area contributed by atoms with E-state index < -0.39 is 0 Å². The van der Waals surface area contributed by atoms with Crippen LogP contribution in [0.1, 0.15) is 36.9 Å². The molecule has 1 aliphatic carbocycles. The Morgan fingerprint density at radius 2 is 2.27 bits per heavy atom. The second-order valence-corrected chi connectivity index (χ2v) is 4.36. The van der Waals surface area contributed by atoms with Gasteiger partial charge in [0.05, 0.1) is 5.92 Å². The second kappa shape index (κ2) is 3.28. The van der Waals surface area contributed by atoms with E-state index in [1.807, 2.05) is 0 Å². The van der Waals surface area contributed by atoms with Gasteiger partial charge in [-0.3, -0.25) is 0 Å². The number of ether oxygens (including phenoxy) is 1. The number of hydrogen-bond donors (Lipinski definition) is 1. The first-order valence-corrected chi connectivity index (χ1v) is 5.44. The van der Waals surface area contributed by atoms with Gasteiger partial charge in [-0.1, -0.05) is 5.16 Å². The molecule has 0 aromatic carbocycles. The lowest BCUT2D eigenvalue weighted by molar-refractivity contribution is -0.0858. The molecule has 0 spiro atoms. The maximum absolute atomic E-state index is 5.50. The molecule has 5 nitrogen and oxygen atoms in total. The second-order valence-electron chi connectivity index (χ2n) is 4.36. The highest BCUT2D eigenvalue weighted by molar-refractivity contribution is 5.09. The largest absolute Gasteiger partial charge is 0.370 e. The van der Waals surface area contributed by atoms with E-state index in [4.69, 9.17) is 9.26 Å². The predicted molar refractivity (Wildman–Crippen MR) is 52.4 cm³/mol. The zero-order chi connectivity index (χ0) is 10.3. The van der Waals surface area contributed by atoms with E-state index in [1.165, 1.54) is 6.42 Å². The van der Waals surface area contributed by atoms with Crippen LogP contribution in [0.4, 0.5) is 0 Å². The molecule has 1 saturated heterocycles. The van der Waals surface area contributed by atoms with Crippen LogP contribution in [0.25, 0.3) is 0 Å². The molecule has 15 heavy (non-hydrogen) atoms. The van der Waals surface area contributed by atoms with Crippen LogP contribution in [-0.2, 0) is 10.3 Å². The fourth-order valence-electron chi connectivity index (χ4n) is 2.07. The van der Waals surface area contributed by atoms with Gasteiger partial charge < -0.3 is 14.6 Å². The number of aromatic nitrogens is 2. The van der Waals surface area contributed by atoms with E-state index in [-0.39, 0.29) is 5.60 Å². The Morgan fingerprint density at radius 1 is 1.47 bits per heavy atom. The van der Waals surface area contributed by atoms with Crippen molar-refractivity contribution in [1.29, 1.82) is 0 Å². The third kappa shape index (κ3) is 1.30. The molecule has 3 rings (SSSR count). The van der Waals surface area contributed by atoms with Crippen LogP contribution in [0, 0.1) is 0 Å². The zero-order valence-corrected chi connectivity index (χ0v) is 8.82.